The van der Waals surface area contributed by atoms with Gasteiger partial charge in [-0.25, -0.2) is 0 Å². The van der Waals surface area contributed by atoms with Gasteiger partial charge in [-0.15, -0.1) is 10.2 Å². The zero-order valence-electron chi connectivity index (χ0n) is 10.4. The smallest absolute Gasteiger partial charge is 0.234 e. The summed E-state index contributed by atoms with van der Waals surface area (Å²) in [4.78, 5) is 0.832. The van der Waals surface area contributed by atoms with Gasteiger partial charge in [0.2, 0.25) is 4.96 Å². The summed E-state index contributed by atoms with van der Waals surface area (Å²) in [5.41, 5.74) is 5.95. The molecule has 3 heterocycles. The molecule has 98 valence electrons. The van der Waals surface area contributed by atoms with Crippen LogP contribution in [0.1, 0.15) is 43.1 Å². The van der Waals surface area contributed by atoms with Gasteiger partial charge in [0.1, 0.15) is 11.1 Å². The minimum atomic E-state index is 0.0507. The molecule has 0 saturated carbocycles. The summed E-state index contributed by atoms with van der Waals surface area (Å²) >= 11 is 1.56. The average molecular weight is 267 g/mol. The fourth-order valence-corrected chi connectivity index (χ4v) is 3.04. The first kappa shape index (κ1) is 12.0. The fourth-order valence-electron chi connectivity index (χ4n) is 2.10. The Morgan fingerprint density at radius 3 is 3.17 bits per heavy atom. The van der Waals surface area contributed by atoms with Gasteiger partial charge < -0.3 is 10.5 Å². The van der Waals surface area contributed by atoms with Gasteiger partial charge in [0.15, 0.2) is 5.82 Å². The van der Waals surface area contributed by atoms with Crippen molar-refractivity contribution in [2.24, 2.45) is 5.73 Å². The minimum Gasteiger partial charge on any atom is -0.370 e. The molecule has 1 saturated heterocycles. The van der Waals surface area contributed by atoms with Crippen LogP contribution in [0.15, 0.2) is 0 Å². The Kier molecular flexibility index (Phi) is 3.27. The van der Waals surface area contributed by atoms with E-state index in [1.54, 1.807) is 11.3 Å². The lowest BCUT2D eigenvalue weighted by Gasteiger charge is -2.05. The van der Waals surface area contributed by atoms with Gasteiger partial charge in [0.05, 0.1) is 0 Å². The SMILES string of the molecule is CCC(N)Cc1nn2c(C3CCCO3)nnc2s1. The molecule has 2 aromatic rings. The zero-order valence-corrected chi connectivity index (χ0v) is 11.2. The molecule has 2 atom stereocenters. The summed E-state index contributed by atoms with van der Waals surface area (Å²) in [5, 5.41) is 13.9. The highest BCUT2D eigenvalue weighted by Crippen LogP contribution is 2.28. The fraction of sp³-hybridized carbons (Fsp3) is 0.727. The Morgan fingerprint density at radius 2 is 2.44 bits per heavy atom. The van der Waals surface area contributed by atoms with Crippen LogP contribution in [0, 0.1) is 0 Å². The summed E-state index contributed by atoms with van der Waals surface area (Å²) in [6.45, 7) is 2.89. The van der Waals surface area contributed by atoms with E-state index in [9.17, 15) is 0 Å². The first-order chi connectivity index (χ1) is 8.78. The maximum absolute atomic E-state index is 5.95. The number of nitrogens with zero attached hydrogens (tertiary/aromatic N) is 4. The summed E-state index contributed by atoms with van der Waals surface area (Å²) in [7, 11) is 0. The van der Waals surface area contributed by atoms with Crippen molar-refractivity contribution in [1.29, 1.82) is 0 Å². The van der Waals surface area contributed by atoms with Crippen LogP contribution >= 0.6 is 11.3 Å². The van der Waals surface area contributed by atoms with E-state index in [0.29, 0.717) is 0 Å². The molecular formula is C11H17N5OS. The standard InChI is InChI=1S/C11H17N5OS/c1-2-7(12)6-9-15-16-10(8-4-3-5-17-8)13-14-11(16)18-9/h7-8H,2-6,12H2,1H3. The summed E-state index contributed by atoms with van der Waals surface area (Å²) < 4.78 is 7.45. The van der Waals surface area contributed by atoms with Crippen LogP contribution in [-0.4, -0.2) is 32.5 Å². The van der Waals surface area contributed by atoms with Crippen LogP contribution in [0.5, 0.6) is 0 Å². The zero-order chi connectivity index (χ0) is 12.5. The molecular weight excluding hydrogens is 250 g/mol. The Labute approximate surface area is 109 Å². The molecule has 7 heteroatoms. The maximum Gasteiger partial charge on any atom is 0.234 e. The monoisotopic (exact) mass is 267 g/mol. The van der Waals surface area contributed by atoms with Gasteiger partial charge in [0.25, 0.3) is 0 Å². The summed E-state index contributed by atoms with van der Waals surface area (Å²) in [5.74, 6) is 0.829. The third kappa shape index (κ3) is 2.13. The van der Waals surface area contributed by atoms with E-state index in [4.69, 9.17) is 10.5 Å². The molecule has 0 bridgehead atoms. The van der Waals surface area contributed by atoms with E-state index in [-0.39, 0.29) is 12.1 Å². The molecule has 0 spiro atoms. The van der Waals surface area contributed by atoms with Crippen LogP contribution in [0.25, 0.3) is 4.96 Å². The van der Waals surface area contributed by atoms with E-state index in [2.05, 4.69) is 22.2 Å². The van der Waals surface area contributed by atoms with Crippen molar-refractivity contribution in [3.63, 3.8) is 0 Å². The Hall–Kier alpha value is -1.05. The van der Waals surface area contributed by atoms with Crippen LogP contribution in [0.3, 0.4) is 0 Å². The number of hydrogen-bond acceptors (Lipinski definition) is 6. The normalized spacial score (nSPS) is 21.8. The highest BCUT2D eigenvalue weighted by atomic mass is 32.1. The van der Waals surface area contributed by atoms with Crippen LogP contribution in [-0.2, 0) is 11.2 Å². The van der Waals surface area contributed by atoms with Crippen molar-refractivity contribution >= 4 is 16.3 Å². The topological polar surface area (TPSA) is 78.3 Å². The predicted molar refractivity (Wildman–Crippen MR) is 68.6 cm³/mol. The first-order valence-electron chi connectivity index (χ1n) is 6.36. The molecule has 2 aromatic heterocycles. The number of hydrogen-bond donors (Lipinski definition) is 1. The number of nitrogens with two attached hydrogens (primary N) is 1. The largest absolute Gasteiger partial charge is 0.370 e. The molecule has 0 amide bonds. The third-order valence-corrected chi connectivity index (χ3v) is 4.16. The van der Waals surface area contributed by atoms with E-state index in [0.717, 1.165) is 48.1 Å². The molecule has 1 fully saturated rings. The Morgan fingerprint density at radius 1 is 1.56 bits per heavy atom. The van der Waals surface area contributed by atoms with E-state index >= 15 is 0 Å². The summed E-state index contributed by atoms with van der Waals surface area (Å²) in [6, 6.07) is 0.167. The molecule has 1 aliphatic heterocycles. The number of aromatic nitrogens is 4. The Bertz CT molecular complexity index is 531. The van der Waals surface area contributed by atoms with Crippen molar-refractivity contribution in [1.82, 2.24) is 19.8 Å². The Balaban J connectivity index is 1.88. The summed E-state index contributed by atoms with van der Waals surface area (Å²) in [6.07, 6.45) is 3.89. The molecule has 0 radical (unpaired) electrons. The van der Waals surface area contributed by atoms with Crippen LogP contribution in [0.4, 0.5) is 0 Å². The predicted octanol–water partition coefficient (Wildman–Crippen LogP) is 1.32. The first-order valence-corrected chi connectivity index (χ1v) is 7.17. The second kappa shape index (κ2) is 4.91. The van der Waals surface area contributed by atoms with Crippen molar-refractivity contribution in [2.45, 2.75) is 44.8 Å². The number of fused-ring (bicyclic) bond motifs is 1. The maximum atomic E-state index is 5.95. The molecule has 2 unspecified atom stereocenters. The van der Waals surface area contributed by atoms with Gasteiger partial charge in [-0.3, -0.25) is 0 Å². The molecule has 6 nitrogen and oxygen atoms in total. The molecule has 3 rings (SSSR count). The quantitative estimate of drug-likeness (QED) is 0.903. The van der Waals surface area contributed by atoms with Crippen LogP contribution in [0.2, 0.25) is 0 Å². The molecule has 18 heavy (non-hydrogen) atoms. The highest BCUT2D eigenvalue weighted by molar-refractivity contribution is 7.16. The van der Waals surface area contributed by atoms with Gasteiger partial charge in [-0.2, -0.15) is 9.61 Å². The van der Waals surface area contributed by atoms with Crippen molar-refractivity contribution in [3.8, 4) is 0 Å². The van der Waals surface area contributed by atoms with Gasteiger partial charge in [0, 0.05) is 19.1 Å². The number of rotatable bonds is 4. The minimum absolute atomic E-state index is 0.0507. The second-order valence-electron chi connectivity index (χ2n) is 4.62. The van der Waals surface area contributed by atoms with E-state index < -0.39 is 0 Å². The highest BCUT2D eigenvalue weighted by Gasteiger charge is 2.25. The van der Waals surface area contributed by atoms with Crippen molar-refractivity contribution < 1.29 is 4.74 Å². The van der Waals surface area contributed by atoms with E-state index in [1.165, 1.54) is 0 Å². The molecule has 0 aliphatic carbocycles. The van der Waals surface area contributed by atoms with Gasteiger partial charge in [-0.1, -0.05) is 18.3 Å². The van der Waals surface area contributed by atoms with Crippen LogP contribution < -0.4 is 5.73 Å². The molecule has 1 aliphatic rings. The average Bonchev–Trinajstić information content (AvgIpc) is 3.03. The van der Waals surface area contributed by atoms with E-state index in [1.807, 2.05) is 4.52 Å². The van der Waals surface area contributed by atoms with Gasteiger partial charge >= 0.3 is 0 Å². The van der Waals surface area contributed by atoms with Gasteiger partial charge in [-0.05, 0) is 19.3 Å². The van der Waals surface area contributed by atoms with Crippen molar-refractivity contribution in [2.75, 3.05) is 6.61 Å². The number of ether oxygens (including phenoxy) is 1. The second-order valence-corrected chi connectivity index (χ2v) is 5.66. The molecule has 0 aromatic carbocycles. The van der Waals surface area contributed by atoms with Crippen molar-refractivity contribution in [3.05, 3.63) is 10.8 Å². The lowest BCUT2D eigenvalue weighted by atomic mass is 10.2. The molecule has 2 N–H and O–H groups in total. The third-order valence-electron chi connectivity index (χ3n) is 3.24. The lowest BCUT2D eigenvalue weighted by Crippen LogP contribution is -2.21. The lowest BCUT2D eigenvalue weighted by molar-refractivity contribution is 0.103.